The van der Waals surface area contributed by atoms with Crippen molar-refractivity contribution in [1.29, 1.82) is 0 Å². The van der Waals surface area contributed by atoms with Crippen LogP contribution in [0.15, 0.2) is 0 Å². The summed E-state index contributed by atoms with van der Waals surface area (Å²) in [6.45, 7) is 7.93. The molecule has 0 atom stereocenters. The van der Waals surface area contributed by atoms with Crippen LogP contribution in [0.3, 0.4) is 0 Å². The van der Waals surface area contributed by atoms with Crippen LogP contribution in [0.2, 0.25) is 0 Å². The van der Waals surface area contributed by atoms with E-state index in [-0.39, 0.29) is 0 Å². The minimum Gasteiger partial charge on any atom is -0.381 e. The maximum atomic E-state index is 5.41. The Hall–Kier alpha value is -0.450. The standard InChI is InChI=1S/C14H24N2OS/c1-3-8-15-10-12-14(11-5-6-11)16-13(18-12)7-9-17-4-2/h11,15H,3-10H2,1-2H3. The summed E-state index contributed by atoms with van der Waals surface area (Å²) in [4.78, 5) is 6.28. The zero-order chi connectivity index (χ0) is 12.8. The summed E-state index contributed by atoms with van der Waals surface area (Å²) >= 11 is 1.88. The SMILES string of the molecule is CCCNCc1sc(CCOCC)nc1C1CC1. The third kappa shape index (κ3) is 4.04. The Kier molecular flexibility index (Phi) is 5.60. The van der Waals surface area contributed by atoms with Crippen molar-refractivity contribution >= 4 is 11.3 Å². The van der Waals surface area contributed by atoms with E-state index in [1.165, 1.54) is 34.8 Å². The van der Waals surface area contributed by atoms with Crippen molar-refractivity contribution in [1.82, 2.24) is 10.3 Å². The number of nitrogens with one attached hydrogen (secondary N) is 1. The van der Waals surface area contributed by atoms with Crippen LogP contribution in [0.25, 0.3) is 0 Å². The quantitative estimate of drug-likeness (QED) is 0.699. The van der Waals surface area contributed by atoms with Crippen LogP contribution < -0.4 is 5.32 Å². The van der Waals surface area contributed by atoms with Gasteiger partial charge in [-0.2, -0.15) is 0 Å². The maximum absolute atomic E-state index is 5.41. The molecule has 0 aromatic carbocycles. The maximum Gasteiger partial charge on any atom is 0.0954 e. The second-order valence-corrected chi connectivity index (χ2v) is 5.98. The van der Waals surface area contributed by atoms with Gasteiger partial charge in [-0.25, -0.2) is 4.98 Å². The van der Waals surface area contributed by atoms with Gasteiger partial charge in [-0.3, -0.25) is 0 Å². The van der Waals surface area contributed by atoms with E-state index in [1.807, 2.05) is 18.3 Å². The van der Waals surface area contributed by atoms with Gasteiger partial charge >= 0.3 is 0 Å². The molecule has 1 heterocycles. The van der Waals surface area contributed by atoms with Gasteiger partial charge in [0.05, 0.1) is 17.3 Å². The van der Waals surface area contributed by atoms with E-state index in [2.05, 4.69) is 12.2 Å². The topological polar surface area (TPSA) is 34.1 Å². The molecule has 0 saturated heterocycles. The fourth-order valence-electron chi connectivity index (χ4n) is 2.01. The van der Waals surface area contributed by atoms with E-state index in [0.29, 0.717) is 0 Å². The molecule has 0 unspecified atom stereocenters. The van der Waals surface area contributed by atoms with Crippen molar-refractivity contribution in [2.24, 2.45) is 0 Å². The fourth-order valence-corrected chi connectivity index (χ4v) is 3.11. The molecule has 0 radical (unpaired) electrons. The highest BCUT2D eigenvalue weighted by atomic mass is 32.1. The molecule has 0 amide bonds. The molecule has 0 aliphatic heterocycles. The molecule has 1 aromatic rings. The molecule has 1 fully saturated rings. The molecular weight excluding hydrogens is 244 g/mol. The van der Waals surface area contributed by atoms with Crippen LogP contribution in [0, 0.1) is 0 Å². The van der Waals surface area contributed by atoms with Crippen molar-refractivity contribution in [3.05, 3.63) is 15.6 Å². The smallest absolute Gasteiger partial charge is 0.0954 e. The highest BCUT2D eigenvalue weighted by molar-refractivity contribution is 7.11. The monoisotopic (exact) mass is 268 g/mol. The summed E-state index contributed by atoms with van der Waals surface area (Å²) in [6, 6.07) is 0. The summed E-state index contributed by atoms with van der Waals surface area (Å²) in [7, 11) is 0. The van der Waals surface area contributed by atoms with Gasteiger partial charge < -0.3 is 10.1 Å². The molecule has 3 nitrogen and oxygen atoms in total. The van der Waals surface area contributed by atoms with Gasteiger partial charge in [0.1, 0.15) is 0 Å². The lowest BCUT2D eigenvalue weighted by atomic mass is 10.2. The van der Waals surface area contributed by atoms with E-state index in [4.69, 9.17) is 9.72 Å². The number of hydrogen-bond acceptors (Lipinski definition) is 4. The lowest BCUT2D eigenvalue weighted by molar-refractivity contribution is 0.151. The van der Waals surface area contributed by atoms with Gasteiger partial charge in [-0.15, -0.1) is 11.3 Å². The van der Waals surface area contributed by atoms with Crippen molar-refractivity contribution in [3.63, 3.8) is 0 Å². The minimum absolute atomic E-state index is 0.750. The molecule has 0 spiro atoms. The third-order valence-corrected chi connectivity index (χ3v) is 4.24. The zero-order valence-corrected chi connectivity index (χ0v) is 12.3. The number of aromatic nitrogens is 1. The number of rotatable bonds is 9. The van der Waals surface area contributed by atoms with Crippen LogP contribution in [0.1, 0.15) is 54.6 Å². The number of ether oxygens (including phenoxy) is 1. The molecule has 1 N–H and O–H groups in total. The summed E-state index contributed by atoms with van der Waals surface area (Å²) in [5.74, 6) is 0.750. The van der Waals surface area contributed by atoms with E-state index in [9.17, 15) is 0 Å². The fraction of sp³-hybridized carbons (Fsp3) is 0.786. The lowest BCUT2D eigenvalue weighted by Crippen LogP contribution is -2.13. The van der Waals surface area contributed by atoms with Gasteiger partial charge in [0.25, 0.3) is 0 Å². The average molecular weight is 268 g/mol. The Labute approximate surface area is 114 Å². The van der Waals surface area contributed by atoms with Crippen molar-refractivity contribution < 1.29 is 4.74 Å². The van der Waals surface area contributed by atoms with Gasteiger partial charge in [0, 0.05) is 30.4 Å². The predicted octanol–water partition coefficient (Wildman–Crippen LogP) is 3.10. The van der Waals surface area contributed by atoms with Crippen molar-refractivity contribution in [2.45, 2.75) is 52.0 Å². The number of nitrogens with zero attached hydrogens (tertiary/aromatic N) is 1. The van der Waals surface area contributed by atoms with Crippen LogP contribution in [-0.4, -0.2) is 24.7 Å². The Balaban J connectivity index is 1.92. The average Bonchev–Trinajstić information content (AvgIpc) is 3.13. The van der Waals surface area contributed by atoms with Crippen molar-refractivity contribution in [3.8, 4) is 0 Å². The lowest BCUT2D eigenvalue weighted by Gasteiger charge is -2.01. The van der Waals surface area contributed by atoms with Gasteiger partial charge in [-0.05, 0) is 32.7 Å². The van der Waals surface area contributed by atoms with Crippen LogP contribution in [-0.2, 0) is 17.7 Å². The Morgan fingerprint density at radius 2 is 2.22 bits per heavy atom. The van der Waals surface area contributed by atoms with Crippen LogP contribution in [0.5, 0.6) is 0 Å². The van der Waals surface area contributed by atoms with Crippen LogP contribution in [0.4, 0.5) is 0 Å². The molecule has 102 valence electrons. The van der Waals surface area contributed by atoms with Crippen LogP contribution >= 0.6 is 11.3 Å². The molecular formula is C14H24N2OS. The first kappa shape index (κ1) is 14.0. The second kappa shape index (κ2) is 7.22. The van der Waals surface area contributed by atoms with Gasteiger partial charge in [0.15, 0.2) is 0 Å². The van der Waals surface area contributed by atoms with Gasteiger partial charge in [-0.1, -0.05) is 6.92 Å². The summed E-state index contributed by atoms with van der Waals surface area (Å²) in [5, 5.41) is 4.74. The molecule has 1 aliphatic rings. The molecule has 18 heavy (non-hydrogen) atoms. The molecule has 1 saturated carbocycles. The first-order chi connectivity index (χ1) is 8.85. The number of thiazole rings is 1. The predicted molar refractivity (Wildman–Crippen MR) is 76.3 cm³/mol. The van der Waals surface area contributed by atoms with E-state index < -0.39 is 0 Å². The molecule has 2 rings (SSSR count). The largest absolute Gasteiger partial charge is 0.381 e. The third-order valence-electron chi connectivity index (χ3n) is 3.11. The normalized spacial score (nSPS) is 15.2. The highest BCUT2D eigenvalue weighted by Gasteiger charge is 2.29. The molecule has 4 heteroatoms. The first-order valence-electron chi connectivity index (χ1n) is 7.12. The molecule has 1 aliphatic carbocycles. The summed E-state index contributed by atoms with van der Waals surface area (Å²) in [6.07, 6.45) is 4.81. The molecule has 1 aromatic heterocycles. The minimum atomic E-state index is 0.750. The highest BCUT2D eigenvalue weighted by Crippen LogP contribution is 2.42. The van der Waals surface area contributed by atoms with Gasteiger partial charge in [0.2, 0.25) is 0 Å². The Morgan fingerprint density at radius 3 is 2.89 bits per heavy atom. The Morgan fingerprint density at radius 1 is 1.39 bits per heavy atom. The van der Waals surface area contributed by atoms with E-state index in [1.54, 1.807) is 0 Å². The number of hydrogen-bond donors (Lipinski definition) is 1. The van der Waals surface area contributed by atoms with E-state index in [0.717, 1.165) is 38.6 Å². The van der Waals surface area contributed by atoms with E-state index >= 15 is 0 Å². The Bertz CT molecular complexity index is 361. The zero-order valence-electron chi connectivity index (χ0n) is 11.5. The summed E-state index contributed by atoms with van der Waals surface area (Å²) in [5.41, 5.74) is 1.37. The molecule has 0 bridgehead atoms. The second-order valence-electron chi connectivity index (χ2n) is 4.81. The summed E-state index contributed by atoms with van der Waals surface area (Å²) < 4.78 is 5.41. The van der Waals surface area contributed by atoms with Crippen molar-refractivity contribution in [2.75, 3.05) is 19.8 Å². The first-order valence-corrected chi connectivity index (χ1v) is 7.93.